The zero-order valence-electron chi connectivity index (χ0n) is 15.3. The molecule has 0 atom stereocenters. The molecule has 0 unspecified atom stereocenters. The van der Waals surface area contributed by atoms with E-state index in [9.17, 15) is 4.79 Å². The normalized spacial score (nSPS) is 14.7. The Balaban J connectivity index is 0.00000529. The Morgan fingerprint density at radius 2 is 1.96 bits per heavy atom. The summed E-state index contributed by atoms with van der Waals surface area (Å²) in [5.74, 6) is 0.835. The van der Waals surface area contributed by atoms with E-state index in [4.69, 9.17) is 4.74 Å². The van der Waals surface area contributed by atoms with Crippen LogP contribution < -0.4 is 10.6 Å². The zero-order valence-corrected chi connectivity index (χ0v) is 17.7. The average Bonchev–Trinajstić information content (AvgIpc) is 3.07. The van der Waals surface area contributed by atoms with Crippen molar-refractivity contribution in [1.29, 1.82) is 0 Å². The molecular weight excluding hydrogens is 421 g/mol. The molecule has 1 aliphatic heterocycles. The molecule has 0 radical (unpaired) electrons. The topological polar surface area (TPSA) is 69.2 Å². The van der Waals surface area contributed by atoms with Gasteiger partial charge in [0.2, 0.25) is 5.91 Å². The number of rotatable bonds is 10. The molecule has 0 aliphatic carbocycles. The van der Waals surface area contributed by atoms with E-state index in [2.05, 4.69) is 27.6 Å². The van der Waals surface area contributed by atoms with E-state index in [1.54, 1.807) is 7.11 Å². The van der Waals surface area contributed by atoms with Crippen molar-refractivity contribution in [1.82, 2.24) is 20.4 Å². The summed E-state index contributed by atoms with van der Waals surface area (Å²) < 4.78 is 5.06. The maximum absolute atomic E-state index is 12.0. The van der Waals surface area contributed by atoms with Gasteiger partial charge in [0, 0.05) is 53.0 Å². The number of halogens is 1. The minimum atomic E-state index is 0. The Kier molecular flexibility index (Phi) is 14.3. The lowest BCUT2D eigenvalue weighted by atomic mass is 10.4. The number of nitrogens with zero attached hydrogens (tertiary/aromatic N) is 3. The van der Waals surface area contributed by atoms with Crippen LogP contribution in [0, 0.1) is 0 Å². The Hall–Kier alpha value is -0.610. The van der Waals surface area contributed by atoms with Gasteiger partial charge in [-0.1, -0.05) is 0 Å². The first-order chi connectivity index (χ1) is 11.2. The number of aliphatic imine (C=N–C) groups is 1. The van der Waals surface area contributed by atoms with Crippen LogP contribution in [-0.4, -0.2) is 88.2 Å². The third kappa shape index (κ3) is 10.3. The highest BCUT2D eigenvalue weighted by Gasteiger charge is 2.17. The first-order valence-electron chi connectivity index (χ1n) is 8.64. The van der Waals surface area contributed by atoms with Gasteiger partial charge in [0.15, 0.2) is 5.96 Å². The molecule has 0 aromatic heterocycles. The van der Waals surface area contributed by atoms with E-state index in [1.807, 2.05) is 11.8 Å². The first kappa shape index (κ1) is 23.4. The smallest absolute Gasteiger partial charge is 0.244 e. The second-order valence-corrected chi connectivity index (χ2v) is 5.86. The molecule has 8 heteroatoms. The van der Waals surface area contributed by atoms with Crippen LogP contribution in [0.3, 0.4) is 0 Å². The van der Waals surface area contributed by atoms with Crippen LogP contribution in [0.25, 0.3) is 0 Å². The second-order valence-electron chi connectivity index (χ2n) is 5.86. The van der Waals surface area contributed by atoms with Gasteiger partial charge in [0.1, 0.15) is 6.54 Å². The SMILES string of the molecule is CCNC(=NCC(=O)N1CCCC1)NCCN(C)CCCOC.I. The number of guanidine groups is 1. The lowest BCUT2D eigenvalue weighted by Gasteiger charge is -2.18. The van der Waals surface area contributed by atoms with Gasteiger partial charge >= 0.3 is 0 Å². The number of hydrogen-bond donors (Lipinski definition) is 2. The molecular formula is C16H34IN5O2. The van der Waals surface area contributed by atoms with E-state index in [1.165, 1.54) is 0 Å². The molecule has 1 saturated heterocycles. The molecule has 0 aromatic carbocycles. The maximum atomic E-state index is 12.0. The van der Waals surface area contributed by atoms with Gasteiger partial charge in [-0.25, -0.2) is 4.99 Å². The molecule has 0 saturated carbocycles. The number of carbonyl (C=O) groups excluding carboxylic acids is 1. The van der Waals surface area contributed by atoms with Crippen molar-refractivity contribution in [3.05, 3.63) is 0 Å². The zero-order chi connectivity index (χ0) is 16.9. The van der Waals surface area contributed by atoms with E-state index in [0.29, 0.717) is 5.96 Å². The molecule has 0 bridgehead atoms. The van der Waals surface area contributed by atoms with Crippen molar-refractivity contribution in [3.8, 4) is 0 Å². The van der Waals surface area contributed by atoms with Crippen LogP contribution in [-0.2, 0) is 9.53 Å². The number of likely N-dealkylation sites (tertiary alicyclic amines) is 1. The summed E-state index contributed by atoms with van der Waals surface area (Å²) in [6, 6.07) is 0. The van der Waals surface area contributed by atoms with Crippen molar-refractivity contribution in [3.63, 3.8) is 0 Å². The minimum absolute atomic E-state index is 0. The molecule has 1 heterocycles. The van der Waals surface area contributed by atoms with Crippen LogP contribution in [0.1, 0.15) is 26.2 Å². The standard InChI is InChI=1S/C16H33N5O2.HI/c1-4-17-16(18-8-12-20(2)9-7-13-23-3)19-14-15(22)21-10-5-6-11-21;/h4-14H2,1-3H3,(H2,17,18,19);1H. The Labute approximate surface area is 163 Å². The molecule has 24 heavy (non-hydrogen) atoms. The maximum Gasteiger partial charge on any atom is 0.244 e. The monoisotopic (exact) mass is 455 g/mol. The number of amides is 1. The fraction of sp³-hybridized carbons (Fsp3) is 0.875. The van der Waals surface area contributed by atoms with Gasteiger partial charge in [-0.15, -0.1) is 24.0 Å². The van der Waals surface area contributed by atoms with E-state index < -0.39 is 0 Å². The fourth-order valence-electron chi connectivity index (χ4n) is 2.51. The third-order valence-electron chi connectivity index (χ3n) is 3.85. The largest absolute Gasteiger partial charge is 0.385 e. The van der Waals surface area contributed by atoms with Gasteiger partial charge in [-0.3, -0.25) is 4.79 Å². The van der Waals surface area contributed by atoms with Crippen LogP contribution in [0.5, 0.6) is 0 Å². The predicted octanol–water partition coefficient (Wildman–Crippen LogP) is 0.750. The summed E-state index contributed by atoms with van der Waals surface area (Å²) in [6.07, 6.45) is 3.26. The molecule has 1 rings (SSSR count). The summed E-state index contributed by atoms with van der Waals surface area (Å²) in [5, 5.41) is 6.47. The van der Waals surface area contributed by atoms with E-state index in [-0.39, 0.29) is 36.4 Å². The summed E-state index contributed by atoms with van der Waals surface area (Å²) in [7, 11) is 3.82. The summed E-state index contributed by atoms with van der Waals surface area (Å²) in [4.78, 5) is 20.6. The van der Waals surface area contributed by atoms with Crippen LogP contribution in [0.15, 0.2) is 4.99 Å². The second kappa shape index (κ2) is 14.7. The minimum Gasteiger partial charge on any atom is -0.385 e. The average molecular weight is 455 g/mol. The van der Waals surface area contributed by atoms with Crippen molar-refractivity contribution < 1.29 is 9.53 Å². The number of nitrogens with one attached hydrogen (secondary N) is 2. The fourth-order valence-corrected chi connectivity index (χ4v) is 2.51. The highest BCUT2D eigenvalue weighted by Crippen LogP contribution is 2.07. The van der Waals surface area contributed by atoms with Crippen LogP contribution >= 0.6 is 24.0 Å². The first-order valence-corrected chi connectivity index (χ1v) is 8.64. The van der Waals surface area contributed by atoms with Gasteiger partial charge in [0.05, 0.1) is 0 Å². The number of methoxy groups -OCH3 is 1. The number of carbonyl (C=O) groups is 1. The molecule has 1 amide bonds. The van der Waals surface area contributed by atoms with Gasteiger partial charge in [0.25, 0.3) is 0 Å². The van der Waals surface area contributed by atoms with E-state index in [0.717, 1.165) is 65.1 Å². The molecule has 1 aliphatic rings. The van der Waals surface area contributed by atoms with Crippen molar-refractivity contribution >= 4 is 35.8 Å². The third-order valence-corrected chi connectivity index (χ3v) is 3.85. The lowest BCUT2D eigenvalue weighted by molar-refractivity contribution is -0.128. The van der Waals surface area contributed by atoms with Gasteiger partial charge in [-0.2, -0.15) is 0 Å². The van der Waals surface area contributed by atoms with Crippen LogP contribution in [0.2, 0.25) is 0 Å². The Morgan fingerprint density at radius 1 is 1.25 bits per heavy atom. The van der Waals surface area contributed by atoms with Crippen molar-refractivity contribution in [2.24, 2.45) is 4.99 Å². The van der Waals surface area contributed by atoms with Crippen LogP contribution in [0.4, 0.5) is 0 Å². The van der Waals surface area contributed by atoms with Crippen molar-refractivity contribution in [2.45, 2.75) is 26.2 Å². The number of hydrogen-bond acceptors (Lipinski definition) is 4. The highest BCUT2D eigenvalue weighted by molar-refractivity contribution is 14.0. The molecule has 0 spiro atoms. The Morgan fingerprint density at radius 3 is 2.58 bits per heavy atom. The Bertz CT molecular complexity index is 362. The molecule has 142 valence electrons. The summed E-state index contributed by atoms with van der Waals surface area (Å²) in [6.45, 7) is 8.32. The number of likely N-dealkylation sites (N-methyl/N-ethyl adjacent to an activating group) is 1. The predicted molar refractivity (Wildman–Crippen MR) is 109 cm³/mol. The van der Waals surface area contributed by atoms with Gasteiger partial charge < -0.3 is 25.2 Å². The van der Waals surface area contributed by atoms with Crippen molar-refractivity contribution in [2.75, 3.05) is 66.6 Å². The summed E-state index contributed by atoms with van der Waals surface area (Å²) in [5.41, 5.74) is 0. The molecule has 7 nitrogen and oxygen atoms in total. The number of ether oxygens (including phenoxy) is 1. The molecule has 0 aromatic rings. The summed E-state index contributed by atoms with van der Waals surface area (Å²) >= 11 is 0. The lowest BCUT2D eigenvalue weighted by Crippen LogP contribution is -2.42. The van der Waals surface area contributed by atoms with Gasteiger partial charge in [-0.05, 0) is 33.2 Å². The molecule has 2 N–H and O–H groups in total. The highest BCUT2D eigenvalue weighted by atomic mass is 127. The molecule has 1 fully saturated rings. The van der Waals surface area contributed by atoms with E-state index >= 15 is 0 Å². The quantitative estimate of drug-likeness (QED) is 0.220.